The molecule has 4 heteroatoms. The summed E-state index contributed by atoms with van der Waals surface area (Å²) in [6, 6.07) is 0.630. The highest BCUT2D eigenvalue weighted by molar-refractivity contribution is 5.30. The van der Waals surface area contributed by atoms with E-state index in [1.165, 1.54) is 12.8 Å². The van der Waals surface area contributed by atoms with Gasteiger partial charge in [-0.1, -0.05) is 20.8 Å². The zero-order valence-electron chi connectivity index (χ0n) is 9.33. The van der Waals surface area contributed by atoms with Crippen molar-refractivity contribution < 1.29 is 0 Å². The van der Waals surface area contributed by atoms with Gasteiger partial charge < -0.3 is 9.88 Å². The molecule has 0 aliphatic heterocycles. The van der Waals surface area contributed by atoms with Gasteiger partial charge in [-0.3, -0.25) is 0 Å². The van der Waals surface area contributed by atoms with Gasteiger partial charge in [0, 0.05) is 18.5 Å². The summed E-state index contributed by atoms with van der Waals surface area (Å²) in [5.74, 6) is 1.93. The highest BCUT2D eigenvalue weighted by Gasteiger charge is 2.26. The summed E-state index contributed by atoms with van der Waals surface area (Å²) in [6.07, 6.45) is 2.52. The normalized spacial score (nSPS) is 17.1. The topological polar surface area (TPSA) is 42.7 Å². The first-order valence-corrected chi connectivity index (χ1v) is 5.15. The minimum atomic E-state index is 0.0607. The monoisotopic (exact) mass is 194 g/mol. The molecule has 0 atom stereocenters. The molecule has 0 bridgehead atoms. The zero-order valence-corrected chi connectivity index (χ0v) is 9.33. The van der Waals surface area contributed by atoms with Gasteiger partial charge in [-0.15, -0.1) is 10.2 Å². The van der Waals surface area contributed by atoms with E-state index < -0.39 is 0 Å². The molecule has 0 unspecified atom stereocenters. The number of nitrogens with one attached hydrogen (secondary N) is 1. The van der Waals surface area contributed by atoms with Crippen molar-refractivity contribution in [2.24, 2.45) is 7.05 Å². The summed E-state index contributed by atoms with van der Waals surface area (Å²) in [7, 11) is 2.02. The van der Waals surface area contributed by atoms with Gasteiger partial charge in [0.15, 0.2) is 0 Å². The van der Waals surface area contributed by atoms with Crippen LogP contribution >= 0.6 is 0 Å². The fraction of sp³-hybridized carbons (Fsp3) is 0.800. The molecule has 1 fully saturated rings. The lowest BCUT2D eigenvalue weighted by atomic mass is 9.96. The van der Waals surface area contributed by atoms with Crippen molar-refractivity contribution in [1.29, 1.82) is 0 Å². The van der Waals surface area contributed by atoms with E-state index in [0.717, 1.165) is 11.8 Å². The highest BCUT2D eigenvalue weighted by atomic mass is 15.4. The van der Waals surface area contributed by atoms with Gasteiger partial charge in [-0.2, -0.15) is 0 Å². The van der Waals surface area contributed by atoms with Crippen molar-refractivity contribution in [3.8, 4) is 0 Å². The maximum absolute atomic E-state index is 4.22. The second-order valence-corrected chi connectivity index (χ2v) is 5.07. The molecule has 4 nitrogen and oxygen atoms in total. The third-order valence-electron chi connectivity index (χ3n) is 2.46. The summed E-state index contributed by atoms with van der Waals surface area (Å²) in [5.41, 5.74) is 0.0607. The largest absolute Gasteiger partial charge is 0.352 e. The zero-order chi connectivity index (χ0) is 10.3. The van der Waals surface area contributed by atoms with Crippen LogP contribution in [0.1, 0.15) is 39.4 Å². The molecule has 1 aromatic rings. The quantitative estimate of drug-likeness (QED) is 0.779. The lowest BCUT2D eigenvalue weighted by Gasteiger charge is -2.17. The van der Waals surface area contributed by atoms with E-state index in [2.05, 4.69) is 40.9 Å². The Balaban J connectivity index is 2.22. The highest BCUT2D eigenvalue weighted by Crippen LogP contribution is 2.26. The molecule has 78 valence electrons. The summed E-state index contributed by atoms with van der Waals surface area (Å²) < 4.78 is 2.05. The molecule has 1 aliphatic rings. The Morgan fingerprint density at radius 1 is 1.29 bits per heavy atom. The van der Waals surface area contributed by atoms with Gasteiger partial charge in [0.1, 0.15) is 5.82 Å². The van der Waals surface area contributed by atoms with Crippen LogP contribution in [0.4, 0.5) is 5.95 Å². The molecular formula is C10H18N4. The maximum Gasteiger partial charge on any atom is 0.224 e. The Kier molecular flexibility index (Phi) is 2.01. The molecule has 14 heavy (non-hydrogen) atoms. The number of rotatable bonds is 2. The number of nitrogens with zero attached hydrogens (tertiary/aromatic N) is 3. The first kappa shape index (κ1) is 9.49. The molecule has 1 aromatic heterocycles. The predicted octanol–water partition coefficient (Wildman–Crippen LogP) is 1.69. The van der Waals surface area contributed by atoms with Crippen molar-refractivity contribution >= 4 is 5.95 Å². The number of hydrogen-bond acceptors (Lipinski definition) is 3. The van der Waals surface area contributed by atoms with Crippen LogP contribution < -0.4 is 5.32 Å². The lowest BCUT2D eigenvalue weighted by Crippen LogP contribution is -2.18. The summed E-state index contributed by atoms with van der Waals surface area (Å²) in [4.78, 5) is 0. The molecule has 0 spiro atoms. The standard InChI is InChI=1S/C10H18N4/c1-10(2,3)8-12-13-9(14(8)4)11-7-5-6-7/h7H,5-6H2,1-4H3,(H,11,13). The molecule has 1 heterocycles. The van der Waals surface area contributed by atoms with Crippen LogP contribution in [0.2, 0.25) is 0 Å². The fourth-order valence-corrected chi connectivity index (χ4v) is 1.52. The Morgan fingerprint density at radius 3 is 2.36 bits per heavy atom. The lowest BCUT2D eigenvalue weighted by molar-refractivity contribution is 0.521. The first-order valence-electron chi connectivity index (χ1n) is 5.15. The molecule has 1 saturated carbocycles. The van der Waals surface area contributed by atoms with Gasteiger partial charge in [-0.25, -0.2) is 0 Å². The van der Waals surface area contributed by atoms with Gasteiger partial charge >= 0.3 is 0 Å². The fourth-order valence-electron chi connectivity index (χ4n) is 1.52. The van der Waals surface area contributed by atoms with Crippen LogP contribution in [0.25, 0.3) is 0 Å². The molecule has 0 saturated heterocycles. The molecule has 0 aromatic carbocycles. The molecule has 2 rings (SSSR count). The van der Waals surface area contributed by atoms with E-state index in [9.17, 15) is 0 Å². The second kappa shape index (κ2) is 2.97. The smallest absolute Gasteiger partial charge is 0.224 e. The molecule has 0 amide bonds. The second-order valence-electron chi connectivity index (χ2n) is 5.07. The first-order chi connectivity index (χ1) is 6.48. The van der Waals surface area contributed by atoms with Crippen LogP contribution in [-0.4, -0.2) is 20.8 Å². The van der Waals surface area contributed by atoms with Gasteiger partial charge in [-0.05, 0) is 12.8 Å². The van der Waals surface area contributed by atoms with Crippen molar-refractivity contribution in [3.63, 3.8) is 0 Å². The van der Waals surface area contributed by atoms with Gasteiger partial charge in [0.2, 0.25) is 5.95 Å². The van der Waals surface area contributed by atoms with E-state index in [1.54, 1.807) is 0 Å². The van der Waals surface area contributed by atoms with Crippen molar-refractivity contribution in [1.82, 2.24) is 14.8 Å². The van der Waals surface area contributed by atoms with Gasteiger partial charge in [0.25, 0.3) is 0 Å². The van der Waals surface area contributed by atoms with E-state index in [4.69, 9.17) is 0 Å². The molecule has 1 N–H and O–H groups in total. The summed E-state index contributed by atoms with van der Waals surface area (Å²) in [6.45, 7) is 6.45. The predicted molar refractivity (Wildman–Crippen MR) is 56.3 cm³/mol. The summed E-state index contributed by atoms with van der Waals surface area (Å²) in [5, 5.41) is 11.7. The molecule has 0 radical (unpaired) electrons. The van der Waals surface area contributed by atoms with E-state index in [1.807, 2.05) is 7.05 Å². The van der Waals surface area contributed by atoms with Crippen molar-refractivity contribution in [2.75, 3.05) is 5.32 Å². The number of anilines is 1. The SMILES string of the molecule is Cn1c(NC2CC2)nnc1C(C)(C)C. The Bertz CT molecular complexity index is 330. The minimum Gasteiger partial charge on any atom is -0.352 e. The van der Waals surface area contributed by atoms with Crippen molar-refractivity contribution in [2.45, 2.75) is 45.1 Å². The Labute approximate surface area is 84.7 Å². The van der Waals surface area contributed by atoms with E-state index in [0.29, 0.717) is 6.04 Å². The summed E-state index contributed by atoms with van der Waals surface area (Å²) >= 11 is 0. The molecule has 1 aliphatic carbocycles. The van der Waals surface area contributed by atoms with E-state index >= 15 is 0 Å². The van der Waals surface area contributed by atoms with Crippen LogP contribution in [0, 0.1) is 0 Å². The third kappa shape index (κ3) is 1.74. The number of aromatic nitrogens is 3. The van der Waals surface area contributed by atoms with Crippen LogP contribution in [-0.2, 0) is 12.5 Å². The minimum absolute atomic E-state index is 0.0607. The molecular weight excluding hydrogens is 176 g/mol. The Morgan fingerprint density at radius 2 is 1.93 bits per heavy atom. The van der Waals surface area contributed by atoms with Crippen LogP contribution in [0.3, 0.4) is 0 Å². The van der Waals surface area contributed by atoms with Crippen LogP contribution in [0.15, 0.2) is 0 Å². The van der Waals surface area contributed by atoms with Crippen molar-refractivity contribution in [3.05, 3.63) is 5.82 Å². The van der Waals surface area contributed by atoms with Gasteiger partial charge in [0.05, 0.1) is 0 Å². The number of hydrogen-bond donors (Lipinski definition) is 1. The van der Waals surface area contributed by atoms with E-state index in [-0.39, 0.29) is 5.41 Å². The Hall–Kier alpha value is -1.06. The van der Waals surface area contributed by atoms with Crippen LogP contribution in [0.5, 0.6) is 0 Å². The average Bonchev–Trinajstić information content (AvgIpc) is 2.76. The average molecular weight is 194 g/mol. The third-order valence-corrected chi connectivity index (χ3v) is 2.46. The maximum atomic E-state index is 4.22.